The maximum atomic E-state index is 13.3. The minimum atomic E-state index is -1.05. The van der Waals surface area contributed by atoms with Gasteiger partial charge in [-0.05, 0) is 48.7 Å². The van der Waals surface area contributed by atoms with E-state index in [1.54, 1.807) is 6.92 Å². The molecule has 0 aliphatic carbocycles. The fourth-order valence-electron chi connectivity index (χ4n) is 4.23. The number of benzene rings is 3. The van der Waals surface area contributed by atoms with Crippen molar-refractivity contribution in [2.24, 2.45) is 0 Å². The van der Waals surface area contributed by atoms with E-state index in [2.05, 4.69) is 37.4 Å². The molecule has 1 fully saturated rings. The third kappa shape index (κ3) is 3.57. The van der Waals surface area contributed by atoms with Crippen LogP contribution in [0.2, 0.25) is 0 Å². The normalized spacial score (nSPS) is 19.9. The van der Waals surface area contributed by atoms with Gasteiger partial charge in [-0.2, -0.15) is 0 Å². The van der Waals surface area contributed by atoms with Crippen LogP contribution < -0.4 is 10.2 Å². The summed E-state index contributed by atoms with van der Waals surface area (Å²) in [6.07, 6.45) is 0. The summed E-state index contributed by atoms with van der Waals surface area (Å²) in [5.74, 6) is -0.206. The molecule has 1 saturated heterocycles. The first-order valence-corrected chi connectivity index (χ1v) is 10.3. The number of fused-ring (bicyclic) bond motifs is 1. The number of imide groups is 1. The Morgan fingerprint density at radius 3 is 2.43 bits per heavy atom. The molecule has 2 N–H and O–H groups in total. The van der Waals surface area contributed by atoms with Crippen molar-refractivity contribution >= 4 is 22.7 Å². The van der Waals surface area contributed by atoms with Crippen LogP contribution in [0.4, 0.5) is 4.79 Å². The number of hydrogen-bond donors (Lipinski definition) is 2. The van der Waals surface area contributed by atoms with Crippen LogP contribution in [0.25, 0.3) is 10.8 Å². The molecule has 0 spiro atoms. The number of amides is 3. The van der Waals surface area contributed by atoms with Gasteiger partial charge in [-0.1, -0.05) is 60.2 Å². The Labute approximate surface area is 177 Å². The number of carbonyl (C=O) groups is 2. The number of aryl methyl sites for hydroxylation is 2. The van der Waals surface area contributed by atoms with Crippen molar-refractivity contribution in [2.75, 3.05) is 13.7 Å². The summed E-state index contributed by atoms with van der Waals surface area (Å²) in [4.78, 5) is 28.4. The minimum Gasteiger partial charge on any atom is -0.319 e. The lowest BCUT2D eigenvalue weighted by Gasteiger charge is -2.24. The topological polar surface area (TPSA) is 53.9 Å². The van der Waals surface area contributed by atoms with Gasteiger partial charge in [-0.15, -0.1) is 0 Å². The highest BCUT2D eigenvalue weighted by Gasteiger charge is 2.50. The molecule has 0 aromatic heterocycles. The van der Waals surface area contributed by atoms with E-state index in [4.69, 9.17) is 0 Å². The van der Waals surface area contributed by atoms with Crippen molar-refractivity contribution < 1.29 is 14.5 Å². The second-order valence-corrected chi connectivity index (χ2v) is 8.57. The standard InChI is InChI=1S/C25H27N3O2/c1-17-9-10-21(18(2)13-17)15-27(4)16-28-23(29)25(3,26-24(28)30)22-12-11-19-7-5-6-8-20(19)14-22/h5-14H,15-16H2,1-4H3,(H,26,30)/p+1/t25-/m0/s1. The quantitative estimate of drug-likeness (QED) is 0.645. The van der Waals surface area contributed by atoms with Gasteiger partial charge in [0.05, 0.1) is 7.05 Å². The van der Waals surface area contributed by atoms with Gasteiger partial charge in [0.1, 0.15) is 12.1 Å². The molecule has 5 nitrogen and oxygen atoms in total. The molecule has 3 aromatic carbocycles. The van der Waals surface area contributed by atoms with Gasteiger partial charge in [-0.3, -0.25) is 4.79 Å². The molecule has 3 aromatic rings. The van der Waals surface area contributed by atoms with E-state index in [0.29, 0.717) is 6.67 Å². The zero-order chi connectivity index (χ0) is 21.5. The van der Waals surface area contributed by atoms with E-state index in [-0.39, 0.29) is 11.9 Å². The van der Waals surface area contributed by atoms with E-state index in [0.717, 1.165) is 27.8 Å². The summed E-state index contributed by atoms with van der Waals surface area (Å²) >= 11 is 0. The zero-order valence-electron chi connectivity index (χ0n) is 18.0. The maximum Gasteiger partial charge on any atom is 0.329 e. The third-order valence-corrected chi connectivity index (χ3v) is 6.02. The molecule has 5 heteroatoms. The summed E-state index contributed by atoms with van der Waals surface area (Å²) in [7, 11) is 2.01. The van der Waals surface area contributed by atoms with Crippen molar-refractivity contribution in [1.82, 2.24) is 10.2 Å². The zero-order valence-corrected chi connectivity index (χ0v) is 18.0. The number of carbonyl (C=O) groups excluding carboxylic acids is 2. The second kappa shape index (κ2) is 7.58. The fraction of sp³-hybridized carbons (Fsp3) is 0.280. The molecule has 2 atom stereocenters. The van der Waals surface area contributed by atoms with Crippen LogP contribution in [-0.4, -0.2) is 30.6 Å². The average Bonchev–Trinajstić information content (AvgIpc) is 2.94. The lowest BCUT2D eigenvalue weighted by Crippen LogP contribution is -3.09. The molecular formula is C25H28N3O2+. The van der Waals surface area contributed by atoms with Gasteiger partial charge in [-0.25, -0.2) is 9.69 Å². The molecular weight excluding hydrogens is 374 g/mol. The highest BCUT2D eigenvalue weighted by Crippen LogP contribution is 2.30. The fourth-order valence-corrected chi connectivity index (χ4v) is 4.23. The predicted molar refractivity (Wildman–Crippen MR) is 118 cm³/mol. The van der Waals surface area contributed by atoms with Crippen molar-refractivity contribution in [3.05, 3.63) is 82.9 Å². The molecule has 1 heterocycles. The van der Waals surface area contributed by atoms with Gasteiger partial charge in [0.2, 0.25) is 0 Å². The lowest BCUT2D eigenvalue weighted by atomic mass is 9.90. The van der Waals surface area contributed by atoms with Crippen LogP contribution in [0.15, 0.2) is 60.7 Å². The van der Waals surface area contributed by atoms with Crippen molar-refractivity contribution in [2.45, 2.75) is 32.9 Å². The molecule has 0 radical (unpaired) electrons. The Kier molecular flexibility index (Phi) is 5.08. The molecule has 3 amide bonds. The Balaban J connectivity index is 1.54. The molecule has 4 rings (SSSR count). The van der Waals surface area contributed by atoms with Crippen LogP contribution >= 0.6 is 0 Å². The molecule has 1 aliphatic heterocycles. The first-order chi connectivity index (χ1) is 14.3. The first kappa shape index (κ1) is 20.1. The van der Waals surface area contributed by atoms with Crippen LogP contribution in [0.5, 0.6) is 0 Å². The van der Waals surface area contributed by atoms with E-state index in [1.165, 1.54) is 21.6 Å². The molecule has 0 bridgehead atoms. The summed E-state index contributed by atoms with van der Waals surface area (Å²) in [6.45, 7) is 7.03. The summed E-state index contributed by atoms with van der Waals surface area (Å²) in [5, 5.41) is 5.08. The molecule has 1 unspecified atom stereocenters. The van der Waals surface area contributed by atoms with Crippen molar-refractivity contribution in [3.63, 3.8) is 0 Å². The Bertz CT molecular complexity index is 1140. The molecule has 154 valence electrons. The van der Waals surface area contributed by atoms with Crippen LogP contribution in [-0.2, 0) is 16.9 Å². The smallest absolute Gasteiger partial charge is 0.319 e. The highest BCUT2D eigenvalue weighted by atomic mass is 16.2. The highest BCUT2D eigenvalue weighted by molar-refractivity contribution is 6.07. The van der Waals surface area contributed by atoms with E-state index in [9.17, 15) is 9.59 Å². The molecule has 0 saturated carbocycles. The Morgan fingerprint density at radius 2 is 1.70 bits per heavy atom. The number of quaternary nitrogens is 1. The van der Waals surface area contributed by atoms with Gasteiger partial charge < -0.3 is 10.2 Å². The molecule has 1 aliphatic rings. The molecule has 30 heavy (non-hydrogen) atoms. The summed E-state index contributed by atoms with van der Waals surface area (Å²) in [6, 6.07) is 20.0. The predicted octanol–water partition coefficient (Wildman–Crippen LogP) is 2.90. The van der Waals surface area contributed by atoms with Gasteiger partial charge >= 0.3 is 6.03 Å². The Morgan fingerprint density at radius 1 is 0.967 bits per heavy atom. The lowest BCUT2D eigenvalue weighted by molar-refractivity contribution is -0.901. The van der Waals surface area contributed by atoms with Crippen molar-refractivity contribution in [3.8, 4) is 0 Å². The van der Waals surface area contributed by atoms with Crippen LogP contribution in [0.1, 0.15) is 29.2 Å². The van der Waals surface area contributed by atoms with E-state index >= 15 is 0 Å². The monoisotopic (exact) mass is 402 g/mol. The number of nitrogens with one attached hydrogen (secondary N) is 2. The maximum absolute atomic E-state index is 13.3. The first-order valence-electron chi connectivity index (χ1n) is 10.3. The third-order valence-electron chi connectivity index (χ3n) is 6.02. The van der Waals surface area contributed by atoms with Gasteiger partial charge in [0.25, 0.3) is 5.91 Å². The second-order valence-electron chi connectivity index (χ2n) is 8.57. The van der Waals surface area contributed by atoms with Crippen LogP contribution in [0, 0.1) is 13.8 Å². The number of hydrogen-bond acceptors (Lipinski definition) is 2. The summed E-state index contributed by atoms with van der Waals surface area (Å²) in [5.41, 5.74) is 3.43. The van der Waals surface area contributed by atoms with E-state index in [1.807, 2.05) is 49.5 Å². The minimum absolute atomic E-state index is 0.206. The van der Waals surface area contributed by atoms with Gasteiger partial charge in [0, 0.05) is 5.56 Å². The average molecular weight is 403 g/mol. The number of rotatable bonds is 5. The summed E-state index contributed by atoms with van der Waals surface area (Å²) < 4.78 is 0. The Hall–Kier alpha value is -3.18. The number of urea groups is 1. The largest absolute Gasteiger partial charge is 0.329 e. The number of nitrogens with zero attached hydrogens (tertiary/aromatic N) is 1. The van der Waals surface area contributed by atoms with E-state index < -0.39 is 5.54 Å². The van der Waals surface area contributed by atoms with Gasteiger partial charge in [0.15, 0.2) is 6.67 Å². The van der Waals surface area contributed by atoms with Crippen LogP contribution in [0.3, 0.4) is 0 Å². The SMILES string of the molecule is Cc1ccc(C[NH+](C)CN2C(=O)N[C@@](C)(c3ccc4ccccc4c3)C2=O)c(C)c1. The van der Waals surface area contributed by atoms with Crippen molar-refractivity contribution in [1.29, 1.82) is 0 Å².